The summed E-state index contributed by atoms with van der Waals surface area (Å²) in [4.78, 5) is 2.38. The highest BCUT2D eigenvalue weighted by Crippen LogP contribution is 2.22. The van der Waals surface area contributed by atoms with E-state index < -0.39 is 0 Å². The molecule has 1 saturated heterocycles. The van der Waals surface area contributed by atoms with Crippen molar-refractivity contribution in [3.63, 3.8) is 0 Å². The first-order valence-electron chi connectivity index (χ1n) is 6.97. The van der Waals surface area contributed by atoms with Crippen molar-refractivity contribution in [2.75, 3.05) is 38.2 Å². The normalized spacial score (nSPS) is 15.3. The van der Waals surface area contributed by atoms with Crippen molar-refractivity contribution < 1.29 is 4.74 Å². The number of aromatic amines is 1. The lowest BCUT2D eigenvalue weighted by molar-refractivity contribution is 0.414. The summed E-state index contributed by atoms with van der Waals surface area (Å²) in [6.45, 7) is 4.13. The molecule has 1 aromatic carbocycles. The van der Waals surface area contributed by atoms with Gasteiger partial charge >= 0.3 is 0 Å². The Morgan fingerprint density at radius 3 is 2.95 bits per heavy atom. The summed E-state index contributed by atoms with van der Waals surface area (Å²) in [5, 5.41) is 10.7. The number of H-pyrrole nitrogens is 1. The second kappa shape index (κ2) is 5.96. The third-order valence-corrected chi connectivity index (χ3v) is 3.67. The molecular weight excluding hydrogens is 252 g/mol. The summed E-state index contributed by atoms with van der Waals surface area (Å²) in [6.07, 6.45) is 2.78. The predicted octanol–water partition coefficient (Wildman–Crippen LogP) is 1.42. The number of aromatic nitrogens is 2. The van der Waals surface area contributed by atoms with Gasteiger partial charge in [0.1, 0.15) is 5.75 Å². The van der Waals surface area contributed by atoms with Crippen LogP contribution in [-0.2, 0) is 6.42 Å². The molecule has 0 atom stereocenters. The maximum Gasteiger partial charge on any atom is 0.119 e. The van der Waals surface area contributed by atoms with Crippen LogP contribution in [0.3, 0.4) is 0 Å². The van der Waals surface area contributed by atoms with Gasteiger partial charge in [0.2, 0.25) is 0 Å². The van der Waals surface area contributed by atoms with Gasteiger partial charge in [-0.05, 0) is 17.7 Å². The molecule has 0 spiro atoms. The fourth-order valence-corrected chi connectivity index (χ4v) is 2.60. The lowest BCUT2D eigenvalue weighted by Crippen LogP contribution is -2.43. The SMILES string of the molecule is COc1cccc(Cc2[nH]ncc2N2CCNCC2)c1. The fourth-order valence-electron chi connectivity index (χ4n) is 2.60. The minimum absolute atomic E-state index is 0.844. The second-order valence-electron chi connectivity index (χ2n) is 5.00. The molecule has 1 aliphatic heterocycles. The minimum atomic E-state index is 0.844. The van der Waals surface area contributed by atoms with Gasteiger partial charge in [-0.3, -0.25) is 5.10 Å². The molecule has 20 heavy (non-hydrogen) atoms. The Morgan fingerprint density at radius 2 is 2.15 bits per heavy atom. The van der Waals surface area contributed by atoms with Crippen molar-refractivity contribution in [3.8, 4) is 5.75 Å². The number of methoxy groups -OCH3 is 1. The van der Waals surface area contributed by atoms with Crippen molar-refractivity contribution >= 4 is 5.69 Å². The van der Waals surface area contributed by atoms with E-state index in [1.807, 2.05) is 18.3 Å². The number of nitrogens with zero attached hydrogens (tertiary/aromatic N) is 2. The zero-order valence-electron chi connectivity index (χ0n) is 11.7. The average Bonchev–Trinajstić information content (AvgIpc) is 2.96. The molecule has 2 N–H and O–H groups in total. The predicted molar refractivity (Wildman–Crippen MR) is 79.5 cm³/mol. The minimum Gasteiger partial charge on any atom is -0.497 e. The number of nitrogens with one attached hydrogen (secondary N) is 2. The van der Waals surface area contributed by atoms with Gasteiger partial charge in [0, 0.05) is 32.6 Å². The Kier molecular flexibility index (Phi) is 3.87. The Balaban J connectivity index is 1.78. The molecule has 1 aliphatic rings. The summed E-state index contributed by atoms with van der Waals surface area (Å²) < 4.78 is 5.28. The first-order chi connectivity index (χ1) is 9.86. The molecule has 2 aromatic rings. The van der Waals surface area contributed by atoms with Crippen LogP contribution in [0.15, 0.2) is 30.5 Å². The van der Waals surface area contributed by atoms with E-state index in [1.165, 1.54) is 16.9 Å². The van der Waals surface area contributed by atoms with Gasteiger partial charge in [0.05, 0.1) is 24.7 Å². The number of ether oxygens (including phenoxy) is 1. The van der Waals surface area contributed by atoms with Crippen molar-refractivity contribution in [1.82, 2.24) is 15.5 Å². The van der Waals surface area contributed by atoms with Crippen molar-refractivity contribution in [2.24, 2.45) is 0 Å². The molecule has 2 heterocycles. The Labute approximate surface area is 118 Å². The van der Waals surface area contributed by atoms with Crippen LogP contribution >= 0.6 is 0 Å². The molecule has 3 rings (SSSR count). The highest BCUT2D eigenvalue weighted by molar-refractivity contribution is 5.51. The molecule has 5 nitrogen and oxygen atoms in total. The van der Waals surface area contributed by atoms with Crippen LogP contribution in [0.4, 0.5) is 5.69 Å². The van der Waals surface area contributed by atoms with Crippen molar-refractivity contribution in [3.05, 3.63) is 41.7 Å². The monoisotopic (exact) mass is 272 g/mol. The lowest BCUT2D eigenvalue weighted by atomic mass is 10.1. The molecule has 0 bridgehead atoms. The molecule has 0 amide bonds. The van der Waals surface area contributed by atoms with E-state index in [4.69, 9.17) is 4.74 Å². The quantitative estimate of drug-likeness (QED) is 0.884. The molecule has 0 aliphatic carbocycles. The maximum atomic E-state index is 5.28. The van der Waals surface area contributed by atoms with Gasteiger partial charge in [-0.1, -0.05) is 12.1 Å². The molecular formula is C15H20N4O. The Morgan fingerprint density at radius 1 is 1.30 bits per heavy atom. The molecule has 0 radical (unpaired) electrons. The van der Waals surface area contributed by atoms with Crippen LogP contribution < -0.4 is 15.0 Å². The van der Waals surface area contributed by atoms with Gasteiger partial charge in [-0.25, -0.2) is 0 Å². The second-order valence-corrected chi connectivity index (χ2v) is 5.00. The molecule has 1 aromatic heterocycles. The van der Waals surface area contributed by atoms with E-state index in [9.17, 15) is 0 Å². The smallest absolute Gasteiger partial charge is 0.119 e. The summed E-state index contributed by atoms with van der Waals surface area (Å²) in [6, 6.07) is 8.18. The molecule has 0 saturated carbocycles. The number of rotatable bonds is 4. The third-order valence-electron chi connectivity index (χ3n) is 3.67. The van der Waals surface area contributed by atoms with E-state index in [0.29, 0.717) is 0 Å². The van der Waals surface area contributed by atoms with E-state index in [2.05, 4.69) is 32.5 Å². The van der Waals surface area contributed by atoms with Crippen LogP contribution in [-0.4, -0.2) is 43.5 Å². The van der Waals surface area contributed by atoms with Crippen LogP contribution in [0.2, 0.25) is 0 Å². The standard InChI is InChI=1S/C15H20N4O/c1-20-13-4-2-3-12(9-13)10-14-15(11-17-18-14)19-7-5-16-6-8-19/h2-4,9,11,16H,5-8,10H2,1H3,(H,17,18). The Hall–Kier alpha value is -2.01. The third kappa shape index (κ3) is 2.77. The van der Waals surface area contributed by atoms with Crippen LogP contribution in [0.5, 0.6) is 5.75 Å². The highest BCUT2D eigenvalue weighted by atomic mass is 16.5. The van der Waals surface area contributed by atoms with Gasteiger partial charge in [0.15, 0.2) is 0 Å². The summed E-state index contributed by atoms with van der Waals surface area (Å²) in [5.74, 6) is 0.894. The van der Waals surface area contributed by atoms with Crippen LogP contribution in [0, 0.1) is 0 Å². The Bertz CT molecular complexity index is 561. The largest absolute Gasteiger partial charge is 0.497 e. The van der Waals surface area contributed by atoms with Crippen LogP contribution in [0.1, 0.15) is 11.3 Å². The number of benzene rings is 1. The maximum absolute atomic E-state index is 5.28. The van der Waals surface area contributed by atoms with Gasteiger partial charge < -0.3 is 15.0 Å². The first kappa shape index (κ1) is 13.0. The highest BCUT2D eigenvalue weighted by Gasteiger charge is 2.16. The number of hydrogen-bond acceptors (Lipinski definition) is 4. The van der Waals surface area contributed by atoms with Gasteiger partial charge in [-0.15, -0.1) is 0 Å². The average molecular weight is 272 g/mol. The zero-order valence-corrected chi connectivity index (χ0v) is 11.7. The molecule has 106 valence electrons. The molecule has 1 fully saturated rings. The number of piperazine rings is 1. The summed E-state index contributed by atoms with van der Waals surface area (Å²) in [5.41, 5.74) is 3.61. The van der Waals surface area contributed by atoms with Crippen molar-refractivity contribution in [1.29, 1.82) is 0 Å². The topological polar surface area (TPSA) is 53.2 Å². The fraction of sp³-hybridized carbons (Fsp3) is 0.400. The number of anilines is 1. The van der Waals surface area contributed by atoms with E-state index >= 15 is 0 Å². The summed E-state index contributed by atoms with van der Waals surface area (Å²) in [7, 11) is 1.70. The van der Waals surface area contributed by atoms with Gasteiger partial charge in [0.25, 0.3) is 0 Å². The number of hydrogen-bond donors (Lipinski definition) is 2. The first-order valence-corrected chi connectivity index (χ1v) is 6.97. The van der Waals surface area contributed by atoms with E-state index in [-0.39, 0.29) is 0 Å². The van der Waals surface area contributed by atoms with Crippen molar-refractivity contribution in [2.45, 2.75) is 6.42 Å². The molecule has 0 unspecified atom stereocenters. The van der Waals surface area contributed by atoms with E-state index in [1.54, 1.807) is 7.11 Å². The lowest BCUT2D eigenvalue weighted by Gasteiger charge is -2.29. The molecule has 5 heteroatoms. The van der Waals surface area contributed by atoms with E-state index in [0.717, 1.165) is 38.3 Å². The van der Waals surface area contributed by atoms with Crippen LogP contribution in [0.25, 0.3) is 0 Å². The van der Waals surface area contributed by atoms with Gasteiger partial charge in [-0.2, -0.15) is 5.10 Å². The zero-order chi connectivity index (χ0) is 13.8. The summed E-state index contributed by atoms with van der Waals surface area (Å²) >= 11 is 0.